The molecule has 0 saturated heterocycles. The van der Waals surface area contributed by atoms with Gasteiger partial charge >= 0.3 is 0 Å². The number of carbonyl (C=O) groups excluding carboxylic acids is 1. The molecule has 0 aliphatic heterocycles. The first-order valence-corrected chi connectivity index (χ1v) is 8.17. The summed E-state index contributed by atoms with van der Waals surface area (Å²) in [6, 6.07) is 14.5. The highest BCUT2D eigenvalue weighted by Gasteiger charge is 2.08. The van der Waals surface area contributed by atoms with Gasteiger partial charge in [0.1, 0.15) is 5.82 Å². The Kier molecular flexibility index (Phi) is 5.26. The van der Waals surface area contributed by atoms with Crippen LogP contribution in [0.1, 0.15) is 21.6 Å². The van der Waals surface area contributed by atoms with E-state index in [1.807, 2.05) is 43.3 Å². The Balaban J connectivity index is 1.70. The Labute approximate surface area is 151 Å². The van der Waals surface area contributed by atoms with Gasteiger partial charge in [0.25, 0.3) is 5.91 Å². The van der Waals surface area contributed by atoms with E-state index in [2.05, 4.69) is 20.6 Å². The van der Waals surface area contributed by atoms with Crippen LogP contribution >= 0.6 is 11.6 Å². The fourth-order valence-electron chi connectivity index (χ4n) is 2.28. The molecule has 1 aromatic carbocycles. The van der Waals surface area contributed by atoms with E-state index in [1.54, 1.807) is 24.5 Å². The van der Waals surface area contributed by atoms with Crippen molar-refractivity contribution >= 4 is 29.0 Å². The van der Waals surface area contributed by atoms with Crippen molar-refractivity contribution in [2.24, 2.45) is 0 Å². The largest absolute Gasteiger partial charge is 0.346 e. The van der Waals surface area contributed by atoms with Crippen LogP contribution < -0.4 is 10.6 Å². The standard InChI is InChI=1S/C19H17ClN4O/c1-13-5-6-15(20)11-17(13)24-18-10-14(7-9-22-18)19(25)23-12-16-4-2-3-8-21-16/h2-11H,12H2,1H3,(H,22,24)(H,23,25). The van der Waals surface area contributed by atoms with E-state index in [-0.39, 0.29) is 5.91 Å². The number of aromatic nitrogens is 2. The van der Waals surface area contributed by atoms with Crippen LogP contribution in [0.2, 0.25) is 5.02 Å². The molecule has 25 heavy (non-hydrogen) atoms. The van der Waals surface area contributed by atoms with Crippen molar-refractivity contribution in [3.8, 4) is 0 Å². The zero-order valence-corrected chi connectivity index (χ0v) is 14.4. The van der Waals surface area contributed by atoms with Gasteiger partial charge < -0.3 is 10.6 Å². The monoisotopic (exact) mass is 352 g/mol. The molecule has 6 heteroatoms. The van der Waals surface area contributed by atoms with Crippen molar-refractivity contribution in [1.29, 1.82) is 0 Å². The van der Waals surface area contributed by atoms with Crippen LogP contribution in [-0.2, 0) is 6.54 Å². The van der Waals surface area contributed by atoms with Crippen LogP contribution in [0.25, 0.3) is 0 Å². The predicted molar refractivity (Wildman–Crippen MR) is 99.1 cm³/mol. The van der Waals surface area contributed by atoms with Gasteiger partial charge in [0, 0.05) is 28.7 Å². The third-order valence-corrected chi connectivity index (χ3v) is 3.88. The summed E-state index contributed by atoms with van der Waals surface area (Å²) in [7, 11) is 0. The van der Waals surface area contributed by atoms with Gasteiger partial charge in [-0.1, -0.05) is 23.7 Å². The molecule has 5 nitrogen and oxygen atoms in total. The first-order valence-electron chi connectivity index (χ1n) is 7.79. The minimum absolute atomic E-state index is 0.182. The lowest BCUT2D eigenvalue weighted by molar-refractivity contribution is 0.0950. The minimum Gasteiger partial charge on any atom is -0.346 e. The highest BCUT2D eigenvalue weighted by Crippen LogP contribution is 2.23. The smallest absolute Gasteiger partial charge is 0.251 e. The second-order valence-electron chi connectivity index (χ2n) is 5.52. The van der Waals surface area contributed by atoms with Crippen molar-refractivity contribution in [1.82, 2.24) is 15.3 Å². The fraction of sp³-hybridized carbons (Fsp3) is 0.105. The van der Waals surface area contributed by atoms with E-state index in [0.717, 1.165) is 16.9 Å². The summed E-state index contributed by atoms with van der Waals surface area (Å²) in [6.07, 6.45) is 3.29. The van der Waals surface area contributed by atoms with Gasteiger partial charge in [0.2, 0.25) is 0 Å². The number of pyridine rings is 2. The molecule has 0 aliphatic carbocycles. The molecule has 0 atom stereocenters. The Bertz CT molecular complexity index is 884. The molecule has 3 aromatic rings. The van der Waals surface area contributed by atoms with Crippen LogP contribution in [0.3, 0.4) is 0 Å². The van der Waals surface area contributed by atoms with Crippen LogP contribution in [-0.4, -0.2) is 15.9 Å². The number of hydrogen-bond donors (Lipinski definition) is 2. The molecular weight excluding hydrogens is 336 g/mol. The average molecular weight is 353 g/mol. The van der Waals surface area contributed by atoms with Gasteiger partial charge in [-0.25, -0.2) is 4.98 Å². The Morgan fingerprint density at radius 1 is 1.08 bits per heavy atom. The van der Waals surface area contributed by atoms with Crippen molar-refractivity contribution in [3.63, 3.8) is 0 Å². The number of carbonyl (C=O) groups is 1. The molecule has 0 unspecified atom stereocenters. The Morgan fingerprint density at radius 3 is 2.76 bits per heavy atom. The maximum absolute atomic E-state index is 12.3. The molecule has 0 spiro atoms. The quantitative estimate of drug-likeness (QED) is 0.725. The summed E-state index contributed by atoms with van der Waals surface area (Å²) in [4.78, 5) is 20.8. The second kappa shape index (κ2) is 7.77. The summed E-state index contributed by atoms with van der Waals surface area (Å²) < 4.78 is 0. The van der Waals surface area contributed by atoms with Crippen LogP contribution in [0.5, 0.6) is 0 Å². The molecule has 126 valence electrons. The molecule has 2 heterocycles. The van der Waals surface area contributed by atoms with E-state index in [0.29, 0.717) is 22.9 Å². The van der Waals surface area contributed by atoms with Crippen molar-refractivity contribution in [2.75, 3.05) is 5.32 Å². The molecule has 0 radical (unpaired) electrons. The number of nitrogens with one attached hydrogen (secondary N) is 2. The maximum atomic E-state index is 12.3. The maximum Gasteiger partial charge on any atom is 0.251 e. The van der Waals surface area contributed by atoms with Crippen molar-refractivity contribution in [3.05, 3.63) is 82.8 Å². The predicted octanol–water partition coefficient (Wildman–Crippen LogP) is 4.11. The van der Waals surface area contributed by atoms with E-state index >= 15 is 0 Å². The lowest BCUT2D eigenvalue weighted by Gasteiger charge is -2.10. The molecule has 0 fully saturated rings. The number of benzene rings is 1. The Hall–Kier alpha value is -2.92. The number of amides is 1. The SMILES string of the molecule is Cc1ccc(Cl)cc1Nc1cc(C(=O)NCc2ccccn2)ccn1. The van der Waals surface area contributed by atoms with Crippen molar-refractivity contribution in [2.45, 2.75) is 13.5 Å². The lowest BCUT2D eigenvalue weighted by Crippen LogP contribution is -2.23. The molecule has 3 rings (SSSR count). The number of nitrogens with zero attached hydrogens (tertiary/aromatic N) is 2. The second-order valence-corrected chi connectivity index (χ2v) is 5.95. The summed E-state index contributed by atoms with van der Waals surface area (Å²) in [5.74, 6) is 0.398. The van der Waals surface area contributed by atoms with Crippen LogP contribution in [0.4, 0.5) is 11.5 Å². The number of halogens is 1. The molecule has 2 aromatic heterocycles. The minimum atomic E-state index is -0.182. The normalized spacial score (nSPS) is 10.3. The van der Waals surface area contributed by atoms with Gasteiger partial charge in [-0.05, 0) is 48.9 Å². The van der Waals surface area contributed by atoms with Gasteiger partial charge in [-0.15, -0.1) is 0 Å². The third kappa shape index (κ3) is 4.55. The zero-order valence-electron chi connectivity index (χ0n) is 13.7. The lowest BCUT2D eigenvalue weighted by atomic mass is 10.2. The van der Waals surface area contributed by atoms with Gasteiger partial charge in [0.05, 0.1) is 12.2 Å². The number of aryl methyl sites for hydroxylation is 1. The Morgan fingerprint density at radius 2 is 1.96 bits per heavy atom. The van der Waals surface area contributed by atoms with Crippen molar-refractivity contribution < 1.29 is 4.79 Å². The molecule has 0 aliphatic rings. The molecule has 2 N–H and O–H groups in total. The van der Waals surface area contributed by atoms with Crippen LogP contribution in [0, 0.1) is 6.92 Å². The first kappa shape index (κ1) is 16.9. The van der Waals surface area contributed by atoms with Gasteiger partial charge in [-0.3, -0.25) is 9.78 Å². The summed E-state index contributed by atoms with van der Waals surface area (Å²) in [5, 5.41) is 6.68. The first-order chi connectivity index (χ1) is 12.1. The molecular formula is C19H17ClN4O. The number of rotatable bonds is 5. The average Bonchev–Trinajstić information content (AvgIpc) is 2.64. The number of anilines is 2. The topological polar surface area (TPSA) is 66.9 Å². The molecule has 0 bridgehead atoms. The third-order valence-electron chi connectivity index (χ3n) is 3.64. The summed E-state index contributed by atoms with van der Waals surface area (Å²) in [5.41, 5.74) is 3.22. The summed E-state index contributed by atoms with van der Waals surface area (Å²) in [6.45, 7) is 2.35. The van der Waals surface area contributed by atoms with E-state index in [4.69, 9.17) is 11.6 Å². The van der Waals surface area contributed by atoms with E-state index in [9.17, 15) is 4.79 Å². The highest BCUT2D eigenvalue weighted by molar-refractivity contribution is 6.30. The van der Waals surface area contributed by atoms with E-state index in [1.165, 1.54) is 0 Å². The summed E-state index contributed by atoms with van der Waals surface area (Å²) >= 11 is 6.03. The van der Waals surface area contributed by atoms with E-state index < -0.39 is 0 Å². The molecule has 0 saturated carbocycles. The van der Waals surface area contributed by atoms with Gasteiger partial charge in [0.15, 0.2) is 0 Å². The van der Waals surface area contributed by atoms with Crippen LogP contribution in [0.15, 0.2) is 60.9 Å². The zero-order chi connectivity index (χ0) is 17.6. The molecule has 1 amide bonds. The highest BCUT2D eigenvalue weighted by atomic mass is 35.5. The van der Waals surface area contributed by atoms with Gasteiger partial charge in [-0.2, -0.15) is 0 Å². The number of hydrogen-bond acceptors (Lipinski definition) is 4. The fourth-order valence-corrected chi connectivity index (χ4v) is 2.45.